The van der Waals surface area contributed by atoms with Crippen LogP contribution in [-0.4, -0.2) is 19.1 Å². The Morgan fingerprint density at radius 3 is 2.55 bits per heavy atom. The van der Waals surface area contributed by atoms with Crippen molar-refractivity contribution in [2.24, 2.45) is 0 Å². The molecule has 0 radical (unpaired) electrons. The minimum atomic E-state index is 0.718. The number of rotatable bonds is 1. The summed E-state index contributed by atoms with van der Waals surface area (Å²) in [6, 6.07) is 1.96. The van der Waals surface area contributed by atoms with Crippen molar-refractivity contribution < 1.29 is 0 Å². The fourth-order valence-electron chi connectivity index (χ4n) is 0.769. The van der Waals surface area contributed by atoms with Gasteiger partial charge in [0.25, 0.3) is 0 Å². The van der Waals surface area contributed by atoms with Crippen LogP contribution in [-0.2, 0) is 0 Å². The molecule has 0 saturated heterocycles. The molecule has 0 spiro atoms. The quantitative estimate of drug-likeness (QED) is 0.642. The van der Waals surface area contributed by atoms with Crippen molar-refractivity contribution in [2.75, 3.05) is 19.0 Å². The summed E-state index contributed by atoms with van der Waals surface area (Å²) >= 11 is 5.80. The molecular weight excluding hydrogens is 160 g/mol. The molecule has 0 N–H and O–H groups in total. The van der Waals surface area contributed by atoms with E-state index in [1.54, 1.807) is 6.20 Å². The van der Waals surface area contributed by atoms with Gasteiger partial charge in [0.05, 0.1) is 5.02 Å². The van der Waals surface area contributed by atoms with Crippen LogP contribution < -0.4 is 4.90 Å². The van der Waals surface area contributed by atoms with E-state index in [1.807, 2.05) is 32.0 Å². The molecule has 0 unspecified atom stereocenters. The fraction of sp³-hybridized carbons (Fsp3) is 0.375. The van der Waals surface area contributed by atoms with E-state index in [0.717, 1.165) is 16.4 Å². The van der Waals surface area contributed by atoms with Crippen LogP contribution in [0.3, 0.4) is 0 Å². The van der Waals surface area contributed by atoms with Gasteiger partial charge in [0.1, 0.15) is 5.82 Å². The second-order valence-corrected chi connectivity index (χ2v) is 3.09. The van der Waals surface area contributed by atoms with E-state index in [2.05, 4.69) is 4.98 Å². The van der Waals surface area contributed by atoms with E-state index >= 15 is 0 Å². The van der Waals surface area contributed by atoms with Crippen molar-refractivity contribution in [1.29, 1.82) is 0 Å². The number of nitrogens with zero attached hydrogens (tertiary/aromatic N) is 2. The Balaban J connectivity index is 3.05. The van der Waals surface area contributed by atoms with Gasteiger partial charge in [-0.05, 0) is 18.6 Å². The second kappa shape index (κ2) is 3.09. The lowest BCUT2D eigenvalue weighted by atomic mass is 10.3. The molecule has 60 valence electrons. The lowest BCUT2D eigenvalue weighted by Gasteiger charge is -2.11. The summed E-state index contributed by atoms with van der Waals surface area (Å²) in [5.74, 6) is 0.937. The zero-order valence-corrected chi connectivity index (χ0v) is 7.68. The predicted molar refractivity (Wildman–Crippen MR) is 48.3 cm³/mol. The smallest absolute Gasteiger partial charge is 0.128 e. The van der Waals surface area contributed by atoms with E-state index in [9.17, 15) is 0 Å². The molecular formula is C8H11ClN2. The van der Waals surface area contributed by atoms with Gasteiger partial charge in [-0.2, -0.15) is 0 Å². The Hall–Kier alpha value is -0.760. The normalized spacial score (nSPS) is 9.82. The number of aryl methyl sites for hydroxylation is 1. The molecule has 3 heteroatoms. The first-order chi connectivity index (χ1) is 5.11. The van der Waals surface area contributed by atoms with Crippen LogP contribution in [0.5, 0.6) is 0 Å². The van der Waals surface area contributed by atoms with Gasteiger partial charge in [0.2, 0.25) is 0 Å². The largest absolute Gasteiger partial charge is 0.363 e. The van der Waals surface area contributed by atoms with Crippen molar-refractivity contribution in [3.8, 4) is 0 Å². The molecule has 0 aliphatic carbocycles. The summed E-state index contributed by atoms with van der Waals surface area (Å²) in [7, 11) is 3.91. The molecule has 1 heterocycles. The summed E-state index contributed by atoms with van der Waals surface area (Å²) in [6.07, 6.45) is 1.67. The zero-order chi connectivity index (χ0) is 8.43. The molecule has 0 saturated carbocycles. The van der Waals surface area contributed by atoms with Crippen molar-refractivity contribution in [3.63, 3.8) is 0 Å². The monoisotopic (exact) mass is 170 g/mol. The van der Waals surface area contributed by atoms with E-state index < -0.39 is 0 Å². The molecule has 0 atom stereocenters. The Labute approximate surface area is 71.8 Å². The lowest BCUT2D eigenvalue weighted by molar-refractivity contribution is 1.06. The first-order valence-corrected chi connectivity index (χ1v) is 3.78. The Bertz CT molecular complexity index is 258. The Kier molecular flexibility index (Phi) is 2.35. The molecule has 2 nitrogen and oxygen atoms in total. The molecule has 1 rings (SSSR count). The summed E-state index contributed by atoms with van der Waals surface area (Å²) in [6.45, 7) is 1.97. The average Bonchev–Trinajstić information content (AvgIpc) is 1.94. The van der Waals surface area contributed by atoms with Crippen LogP contribution in [0.15, 0.2) is 12.3 Å². The molecule has 0 bridgehead atoms. The maximum atomic E-state index is 5.80. The third-order valence-corrected chi connectivity index (χ3v) is 1.89. The summed E-state index contributed by atoms with van der Waals surface area (Å²) < 4.78 is 0. The third-order valence-electron chi connectivity index (χ3n) is 1.49. The first kappa shape index (κ1) is 8.34. The molecule has 1 aromatic rings. The summed E-state index contributed by atoms with van der Waals surface area (Å²) in [5, 5.41) is 0.718. The van der Waals surface area contributed by atoms with E-state index in [1.165, 1.54) is 0 Å². The molecule has 0 aliphatic rings. The standard InChI is InChI=1S/C8H11ClN2/c1-6-4-8(11(2)3)10-5-7(6)9/h4-5H,1-3H3. The highest BCUT2D eigenvalue weighted by molar-refractivity contribution is 6.31. The zero-order valence-electron chi connectivity index (χ0n) is 6.93. The summed E-state index contributed by atoms with van der Waals surface area (Å²) in [5.41, 5.74) is 1.06. The van der Waals surface area contributed by atoms with Crippen LogP contribution in [0.4, 0.5) is 5.82 Å². The Morgan fingerprint density at radius 1 is 1.45 bits per heavy atom. The maximum absolute atomic E-state index is 5.80. The number of halogens is 1. The van der Waals surface area contributed by atoms with Gasteiger partial charge in [-0.25, -0.2) is 4.98 Å². The molecule has 0 fully saturated rings. The number of hydrogen-bond acceptors (Lipinski definition) is 2. The van der Waals surface area contributed by atoms with Crippen LogP contribution in [0.2, 0.25) is 5.02 Å². The van der Waals surface area contributed by atoms with Gasteiger partial charge in [0.15, 0.2) is 0 Å². The highest BCUT2D eigenvalue weighted by Crippen LogP contribution is 2.17. The van der Waals surface area contributed by atoms with Crippen molar-refractivity contribution in [3.05, 3.63) is 22.8 Å². The highest BCUT2D eigenvalue weighted by Gasteiger charge is 1.99. The van der Waals surface area contributed by atoms with E-state index in [0.29, 0.717) is 0 Å². The first-order valence-electron chi connectivity index (χ1n) is 3.40. The van der Waals surface area contributed by atoms with Crippen molar-refractivity contribution >= 4 is 17.4 Å². The third kappa shape index (κ3) is 1.84. The van der Waals surface area contributed by atoms with Gasteiger partial charge in [-0.3, -0.25) is 0 Å². The number of hydrogen-bond donors (Lipinski definition) is 0. The van der Waals surface area contributed by atoms with Gasteiger partial charge in [-0.15, -0.1) is 0 Å². The number of anilines is 1. The van der Waals surface area contributed by atoms with Gasteiger partial charge in [-0.1, -0.05) is 11.6 Å². The summed E-state index contributed by atoms with van der Waals surface area (Å²) in [4.78, 5) is 6.08. The molecule has 0 aliphatic heterocycles. The lowest BCUT2D eigenvalue weighted by Crippen LogP contribution is -2.10. The minimum absolute atomic E-state index is 0.718. The average molecular weight is 171 g/mol. The molecule has 0 aromatic carbocycles. The highest BCUT2D eigenvalue weighted by atomic mass is 35.5. The molecule has 11 heavy (non-hydrogen) atoms. The van der Waals surface area contributed by atoms with E-state index in [4.69, 9.17) is 11.6 Å². The van der Waals surface area contributed by atoms with Crippen LogP contribution in [0.25, 0.3) is 0 Å². The number of aromatic nitrogens is 1. The van der Waals surface area contributed by atoms with Gasteiger partial charge >= 0.3 is 0 Å². The fourth-order valence-corrected chi connectivity index (χ4v) is 0.872. The van der Waals surface area contributed by atoms with Gasteiger partial charge < -0.3 is 4.90 Å². The molecule has 0 amide bonds. The van der Waals surface area contributed by atoms with Crippen molar-refractivity contribution in [2.45, 2.75) is 6.92 Å². The molecule has 1 aromatic heterocycles. The SMILES string of the molecule is Cc1cc(N(C)C)ncc1Cl. The number of pyridine rings is 1. The maximum Gasteiger partial charge on any atom is 0.128 e. The van der Waals surface area contributed by atoms with Crippen LogP contribution in [0.1, 0.15) is 5.56 Å². The topological polar surface area (TPSA) is 16.1 Å². The minimum Gasteiger partial charge on any atom is -0.363 e. The van der Waals surface area contributed by atoms with Crippen LogP contribution >= 0.6 is 11.6 Å². The second-order valence-electron chi connectivity index (χ2n) is 2.69. The van der Waals surface area contributed by atoms with E-state index in [-0.39, 0.29) is 0 Å². The van der Waals surface area contributed by atoms with Gasteiger partial charge in [0, 0.05) is 20.3 Å². The predicted octanol–water partition coefficient (Wildman–Crippen LogP) is 2.11. The van der Waals surface area contributed by atoms with Crippen molar-refractivity contribution in [1.82, 2.24) is 4.98 Å². The Morgan fingerprint density at radius 2 is 2.09 bits per heavy atom. The van der Waals surface area contributed by atoms with Crippen LogP contribution in [0, 0.1) is 6.92 Å².